The van der Waals surface area contributed by atoms with Gasteiger partial charge in [0.25, 0.3) is 5.91 Å². The van der Waals surface area contributed by atoms with Crippen LogP contribution in [0.3, 0.4) is 0 Å². The van der Waals surface area contributed by atoms with Gasteiger partial charge in [0.05, 0.1) is 7.11 Å². The summed E-state index contributed by atoms with van der Waals surface area (Å²) in [6, 6.07) is 4.47. The first-order chi connectivity index (χ1) is 12.2. The van der Waals surface area contributed by atoms with Crippen LogP contribution in [-0.4, -0.2) is 52.0 Å². The average molecular weight is 384 g/mol. The maximum atomic E-state index is 12.7. The minimum absolute atomic E-state index is 0.00923. The summed E-state index contributed by atoms with van der Waals surface area (Å²) in [5, 5.41) is 0. The second kappa shape index (κ2) is 8.37. The fourth-order valence-electron chi connectivity index (χ4n) is 2.50. The molecule has 0 saturated heterocycles. The van der Waals surface area contributed by atoms with E-state index in [1.54, 1.807) is 18.0 Å². The molecule has 0 aliphatic heterocycles. The molecule has 26 heavy (non-hydrogen) atoms. The van der Waals surface area contributed by atoms with Crippen molar-refractivity contribution >= 4 is 15.9 Å². The molecule has 1 aromatic carbocycles. The third kappa shape index (κ3) is 5.18. The molecule has 7 nitrogen and oxygen atoms in total. The zero-order valence-corrected chi connectivity index (χ0v) is 16.7. The summed E-state index contributed by atoms with van der Waals surface area (Å²) < 4.78 is 32.9. The topological polar surface area (TPSA) is 102 Å². The van der Waals surface area contributed by atoms with Crippen molar-refractivity contribution in [2.45, 2.75) is 50.1 Å². The summed E-state index contributed by atoms with van der Waals surface area (Å²) in [5.74, 6) is 0.315. The van der Waals surface area contributed by atoms with Gasteiger partial charge in [-0.05, 0) is 43.4 Å². The number of methoxy groups -OCH3 is 1. The molecule has 146 valence electrons. The molecule has 0 heterocycles. The van der Waals surface area contributed by atoms with Crippen molar-refractivity contribution in [1.29, 1.82) is 0 Å². The molecule has 3 N–H and O–H groups in total. The highest BCUT2D eigenvalue weighted by Crippen LogP contribution is 2.28. The minimum Gasteiger partial charge on any atom is -0.495 e. The molecule has 1 unspecified atom stereocenters. The molecule has 0 bridgehead atoms. The van der Waals surface area contributed by atoms with Crippen LogP contribution in [0.15, 0.2) is 23.1 Å². The van der Waals surface area contributed by atoms with E-state index in [1.165, 1.54) is 19.2 Å². The normalized spacial score (nSPS) is 15.8. The predicted octanol–water partition coefficient (Wildman–Crippen LogP) is 1.58. The molecule has 8 heteroatoms. The molecule has 1 aliphatic rings. The Kier molecular flexibility index (Phi) is 6.65. The van der Waals surface area contributed by atoms with Gasteiger partial charge in [-0.3, -0.25) is 4.79 Å². The lowest BCUT2D eigenvalue weighted by molar-refractivity contribution is 0.0789. The van der Waals surface area contributed by atoms with Gasteiger partial charge in [-0.2, -0.15) is 0 Å². The average Bonchev–Trinajstić information content (AvgIpc) is 3.41. The van der Waals surface area contributed by atoms with Gasteiger partial charge in [0, 0.05) is 31.2 Å². The van der Waals surface area contributed by atoms with Gasteiger partial charge in [-0.25, -0.2) is 13.1 Å². The highest BCUT2D eigenvalue weighted by molar-refractivity contribution is 7.89. The fraction of sp³-hybridized carbons (Fsp3) is 0.611. The Hall–Kier alpha value is -1.64. The van der Waals surface area contributed by atoms with Crippen molar-refractivity contribution in [2.24, 2.45) is 11.7 Å². The molecule has 0 radical (unpaired) electrons. The molecule has 1 amide bonds. The second-order valence-electron chi connectivity index (χ2n) is 7.18. The van der Waals surface area contributed by atoms with E-state index in [2.05, 4.69) is 4.72 Å². The van der Waals surface area contributed by atoms with Crippen LogP contribution in [0.4, 0.5) is 0 Å². The molecule has 1 atom stereocenters. The van der Waals surface area contributed by atoms with Gasteiger partial charge in [0.2, 0.25) is 10.0 Å². The second-order valence-corrected chi connectivity index (χ2v) is 8.87. The number of nitrogens with one attached hydrogen (secondary N) is 1. The van der Waals surface area contributed by atoms with E-state index in [4.69, 9.17) is 10.5 Å². The van der Waals surface area contributed by atoms with Crippen molar-refractivity contribution in [2.75, 3.05) is 20.7 Å². The van der Waals surface area contributed by atoms with Crippen LogP contribution < -0.4 is 15.2 Å². The summed E-state index contributed by atoms with van der Waals surface area (Å²) >= 11 is 0. The first kappa shape index (κ1) is 20.7. The summed E-state index contributed by atoms with van der Waals surface area (Å²) in [5.41, 5.74) is 6.34. The monoisotopic (exact) mass is 383 g/mol. The van der Waals surface area contributed by atoms with E-state index in [1.807, 2.05) is 13.8 Å². The largest absolute Gasteiger partial charge is 0.495 e. The van der Waals surface area contributed by atoms with Crippen LogP contribution >= 0.6 is 0 Å². The number of hydrogen-bond acceptors (Lipinski definition) is 5. The van der Waals surface area contributed by atoms with Crippen molar-refractivity contribution in [3.63, 3.8) is 0 Å². The van der Waals surface area contributed by atoms with E-state index in [9.17, 15) is 13.2 Å². The summed E-state index contributed by atoms with van der Waals surface area (Å²) in [6.45, 7) is 4.59. The first-order valence-corrected chi connectivity index (χ1v) is 10.4. The summed E-state index contributed by atoms with van der Waals surface area (Å²) in [4.78, 5) is 14.2. The number of ether oxygens (including phenoxy) is 1. The highest BCUT2D eigenvalue weighted by Gasteiger charge is 2.30. The Morgan fingerprint density at radius 2 is 2.04 bits per heavy atom. The maximum absolute atomic E-state index is 12.7. The predicted molar refractivity (Wildman–Crippen MR) is 101 cm³/mol. The van der Waals surface area contributed by atoms with Crippen LogP contribution in [0.25, 0.3) is 0 Å². The van der Waals surface area contributed by atoms with Gasteiger partial charge in [-0.15, -0.1) is 0 Å². The van der Waals surface area contributed by atoms with Crippen LogP contribution in [0.1, 0.15) is 43.5 Å². The van der Waals surface area contributed by atoms with Gasteiger partial charge in [0.1, 0.15) is 10.6 Å². The van der Waals surface area contributed by atoms with Gasteiger partial charge in [0.15, 0.2) is 0 Å². The van der Waals surface area contributed by atoms with E-state index in [0.717, 1.165) is 12.8 Å². The zero-order valence-electron chi connectivity index (χ0n) is 15.9. The number of nitrogens with two attached hydrogens (primary N) is 1. The Balaban J connectivity index is 2.18. The lowest BCUT2D eigenvalue weighted by Gasteiger charge is -2.22. The third-order valence-corrected chi connectivity index (χ3v) is 6.14. The molecule has 0 aromatic heterocycles. The molecule has 2 rings (SSSR count). The molecular weight excluding hydrogens is 354 g/mol. The Bertz CT molecular complexity index is 745. The number of carbonyl (C=O) groups excluding carboxylic acids is 1. The Labute approximate surface area is 155 Å². The van der Waals surface area contributed by atoms with Gasteiger partial charge in [-0.1, -0.05) is 13.8 Å². The van der Waals surface area contributed by atoms with Crippen molar-refractivity contribution in [3.05, 3.63) is 23.8 Å². The number of rotatable bonds is 9. The van der Waals surface area contributed by atoms with Crippen LogP contribution in [0.2, 0.25) is 0 Å². The highest BCUT2D eigenvalue weighted by atomic mass is 32.2. The quantitative estimate of drug-likeness (QED) is 0.674. The van der Waals surface area contributed by atoms with Crippen LogP contribution in [0.5, 0.6) is 5.75 Å². The number of nitrogens with zero attached hydrogens (tertiary/aromatic N) is 1. The smallest absolute Gasteiger partial charge is 0.253 e. The van der Waals surface area contributed by atoms with Crippen LogP contribution in [-0.2, 0) is 10.0 Å². The Morgan fingerprint density at radius 3 is 2.58 bits per heavy atom. The van der Waals surface area contributed by atoms with Crippen molar-refractivity contribution in [3.8, 4) is 5.75 Å². The standard InChI is InChI=1S/C18H29N3O4S/c1-12(2)15(19)9-10-21(3)18(22)13-5-8-16(25-4)17(11-13)26(23,24)20-14-6-7-14/h5,8,11-12,14-15,20H,6-7,9-10,19H2,1-4H3. The summed E-state index contributed by atoms with van der Waals surface area (Å²) in [6.07, 6.45) is 2.35. The zero-order chi connectivity index (χ0) is 19.5. The van der Waals surface area contributed by atoms with Gasteiger partial charge >= 0.3 is 0 Å². The van der Waals surface area contributed by atoms with E-state index < -0.39 is 10.0 Å². The van der Waals surface area contributed by atoms with Gasteiger partial charge < -0.3 is 15.4 Å². The molecule has 1 aliphatic carbocycles. The molecule has 0 spiro atoms. The lowest BCUT2D eigenvalue weighted by Crippen LogP contribution is -2.34. The van der Waals surface area contributed by atoms with Crippen LogP contribution in [0, 0.1) is 5.92 Å². The third-order valence-electron chi connectivity index (χ3n) is 4.60. The minimum atomic E-state index is -3.72. The number of benzene rings is 1. The molecule has 1 aromatic rings. The Morgan fingerprint density at radius 1 is 1.38 bits per heavy atom. The van der Waals surface area contributed by atoms with E-state index in [0.29, 0.717) is 24.4 Å². The molecule has 1 fully saturated rings. The number of carbonyl (C=O) groups is 1. The summed E-state index contributed by atoms with van der Waals surface area (Å²) in [7, 11) is -0.624. The van der Waals surface area contributed by atoms with E-state index in [-0.39, 0.29) is 28.6 Å². The van der Waals surface area contributed by atoms with E-state index >= 15 is 0 Å². The van der Waals surface area contributed by atoms with Crippen molar-refractivity contribution < 1.29 is 17.9 Å². The van der Waals surface area contributed by atoms with Crippen molar-refractivity contribution in [1.82, 2.24) is 9.62 Å². The first-order valence-electron chi connectivity index (χ1n) is 8.87. The fourth-order valence-corrected chi connectivity index (χ4v) is 4.00. The lowest BCUT2D eigenvalue weighted by atomic mass is 10.0. The number of hydrogen-bond donors (Lipinski definition) is 2. The number of amides is 1. The SMILES string of the molecule is COc1ccc(C(=O)N(C)CCC(N)C(C)C)cc1S(=O)(=O)NC1CC1. The maximum Gasteiger partial charge on any atom is 0.253 e. The number of sulfonamides is 1. The molecular formula is C18H29N3O4S. The molecule has 1 saturated carbocycles.